The molecule has 1 aliphatic rings. The molecular weight excluding hydrogens is 356 g/mol. The van der Waals surface area contributed by atoms with Crippen molar-refractivity contribution < 1.29 is 22.8 Å². The molecule has 0 aliphatic carbocycles. The second-order valence-electron chi connectivity index (χ2n) is 6.46. The molecule has 1 aromatic carbocycles. The summed E-state index contributed by atoms with van der Waals surface area (Å²) in [6.07, 6.45) is 4.15. The number of hydrogen-bond acceptors (Lipinski definition) is 4. The van der Waals surface area contributed by atoms with E-state index in [0.717, 1.165) is 25.0 Å². The summed E-state index contributed by atoms with van der Waals surface area (Å²) < 4.78 is 32.3. The van der Waals surface area contributed by atoms with Gasteiger partial charge in [0.05, 0.1) is 11.8 Å². The van der Waals surface area contributed by atoms with Crippen LogP contribution in [-0.4, -0.2) is 41.3 Å². The molecule has 1 N–H and O–H groups in total. The molecule has 3 rings (SSSR count). The molecule has 0 unspecified atom stereocenters. The van der Waals surface area contributed by atoms with Crippen LogP contribution in [0.1, 0.15) is 31.6 Å². The third kappa shape index (κ3) is 4.32. The first-order valence-corrected chi connectivity index (χ1v) is 8.91. The Hall–Kier alpha value is -2.77. The number of nitrogens with one attached hydrogen (secondary N) is 1. The highest BCUT2D eigenvalue weighted by Gasteiger charge is 2.31. The molecule has 0 radical (unpaired) electrons. The van der Waals surface area contributed by atoms with Crippen molar-refractivity contribution in [2.75, 3.05) is 13.6 Å². The summed E-state index contributed by atoms with van der Waals surface area (Å²) in [7, 11) is 1.56. The van der Waals surface area contributed by atoms with E-state index in [9.17, 15) is 18.4 Å². The number of aromatic nitrogens is 1. The van der Waals surface area contributed by atoms with Crippen molar-refractivity contribution in [3.8, 4) is 11.3 Å². The van der Waals surface area contributed by atoms with Gasteiger partial charge in [-0.3, -0.25) is 9.59 Å². The Morgan fingerprint density at radius 1 is 1.33 bits per heavy atom. The molecule has 8 heteroatoms. The average Bonchev–Trinajstić information content (AvgIpc) is 3.14. The van der Waals surface area contributed by atoms with E-state index in [-0.39, 0.29) is 41.9 Å². The van der Waals surface area contributed by atoms with Gasteiger partial charge in [0, 0.05) is 32.5 Å². The highest BCUT2D eigenvalue weighted by atomic mass is 19.1. The number of likely N-dealkylation sites (N-methyl/N-ethyl adjacent to an activating group) is 1. The maximum atomic E-state index is 13.8. The van der Waals surface area contributed by atoms with Crippen LogP contribution < -0.4 is 5.32 Å². The second kappa shape index (κ2) is 8.28. The van der Waals surface area contributed by atoms with Gasteiger partial charge in [0.2, 0.25) is 11.8 Å². The molecule has 1 atom stereocenters. The van der Waals surface area contributed by atoms with Crippen LogP contribution in [0.4, 0.5) is 8.78 Å². The van der Waals surface area contributed by atoms with Gasteiger partial charge >= 0.3 is 0 Å². The van der Waals surface area contributed by atoms with E-state index in [1.807, 2.05) is 0 Å². The lowest BCUT2D eigenvalue weighted by molar-refractivity contribution is -0.142. The first kappa shape index (κ1) is 19.0. The lowest BCUT2D eigenvalue weighted by atomic mass is 10.0. The zero-order valence-electron chi connectivity index (χ0n) is 15.0. The molecular formula is C19H21F2N3O3. The van der Waals surface area contributed by atoms with Crippen molar-refractivity contribution in [2.24, 2.45) is 0 Å². The summed E-state index contributed by atoms with van der Waals surface area (Å²) in [5.41, 5.74) is 0.109. The lowest BCUT2D eigenvalue weighted by Gasteiger charge is -2.34. The number of hydrogen-bond donors (Lipinski definition) is 1. The largest absolute Gasteiger partial charge is 0.441 e. The average molecular weight is 377 g/mol. The predicted molar refractivity (Wildman–Crippen MR) is 93.6 cm³/mol. The molecule has 0 saturated carbocycles. The van der Waals surface area contributed by atoms with Crippen LogP contribution in [0.3, 0.4) is 0 Å². The van der Waals surface area contributed by atoms with Gasteiger partial charge in [0.15, 0.2) is 11.7 Å². The van der Waals surface area contributed by atoms with Crippen LogP contribution in [0.15, 0.2) is 28.8 Å². The summed E-state index contributed by atoms with van der Waals surface area (Å²) in [6.45, 7) is 0.550. The van der Waals surface area contributed by atoms with Gasteiger partial charge in [-0.05, 0) is 31.4 Å². The lowest BCUT2D eigenvalue weighted by Crippen LogP contribution is -2.51. The maximum Gasteiger partial charge on any atom is 0.242 e. The molecule has 1 saturated heterocycles. The Labute approximate surface area is 155 Å². The van der Waals surface area contributed by atoms with E-state index < -0.39 is 17.7 Å². The smallest absolute Gasteiger partial charge is 0.242 e. The molecule has 0 spiro atoms. The number of amides is 2. The summed E-state index contributed by atoms with van der Waals surface area (Å²) in [5.74, 6) is -1.25. The van der Waals surface area contributed by atoms with Gasteiger partial charge in [-0.2, -0.15) is 0 Å². The van der Waals surface area contributed by atoms with E-state index >= 15 is 0 Å². The number of piperidine rings is 1. The number of likely N-dealkylation sites (tertiary alicyclic amines) is 1. The third-order valence-corrected chi connectivity index (χ3v) is 4.68. The Kier molecular flexibility index (Phi) is 5.83. The van der Waals surface area contributed by atoms with Crippen LogP contribution in [0, 0.1) is 11.6 Å². The molecule has 2 heterocycles. The first-order valence-electron chi connectivity index (χ1n) is 8.91. The van der Waals surface area contributed by atoms with E-state index in [4.69, 9.17) is 4.42 Å². The molecule has 2 amide bonds. The van der Waals surface area contributed by atoms with Crippen molar-refractivity contribution in [3.63, 3.8) is 0 Å². The third-order valence-electron chi connectivity index (χ3n) is 4.68. The highest BCUT2D eigenvalue weighted by Crippen LogP contribution is 2.25. The SMILES string of the molecule is CNC(=O)[C@H]1CCCCN1C(=O)CCc1ncc(-c2ccc(F)cc2F)o1. The van der Waals surface area contributed by atoms with Crippen LogP contribution >= 0.6 is 0 Å². The quantitative estimate of drug-likeness (QED) is 0.869. The number of benzene rings is 1. The second-order valence-corrected chi connectivity index (χ2v) is 6.46. The standard InChI is InChI=1S/C19H21F2N3O3/c1-22-19(26)15-4-2-3-9-24(15)18(25)8-7-17-23-11-16(27-17)13-6-5-12(20)10-14(13)21/h5-6,10-11,15H,2-4,7-9H2,1H3,(H,22,26)/t15-/m1/s1. The molecule has 144 valence electrons. The molecule has 6 nitrogen and oxygen atoms in total. The minimum Gasteiger partial charge on any atom is -0.441 e. The van der Waals surface area contributed by atoms with Crippen molar-refractivity contribution in [2.45, 2.75) is 38.1 Å². The van der Waals surface area contributed by atoms with Crippen molar-refractivity contribution in [1.29, 1.82) is 0 Å². The molecule has 1 aromatic heterocycles. The number of nitrogens with zero attached hydrogens (tertiary/aromatic N) is 2. The van der Waals surface area contributed by atoms with E-state index in [1.54, 1.807) is 11.9 Å². The van der Waals surface area contributed by atoms with Crippen molar-refractivity contribution in [1.82, 2.24) is 15.2 Å². The van der Waals surface area contributed by atoms with Crippen LogP contribution in [0.5, 0.6) is 0 Å². The molecule has 27 heavy (non-hydrogen) atoms. The number of halogens is 2. The molecule has 1 fully saturated rings. The van der Waals surface area contributed by atoms with Crippen molar-refractivity contribution >= 4 is 11.8 Å². The van der Waals surface area contributed by atoms with E-state index in [2.05, 4.69) is 10.3 Å². The summed E-state index contributed by atoms with van der Waals surface area (Å²) in [6, 6.07) is 2.75. The number of oxazole rings is 1. The number of carbonyl (C=O) groups is 2. The van der Waals surface area contributed by atoms with Gasteiger partial charge < -0.3 is 14.6 Å². The van der Waals surface area contributed by atoms with Gasteiger partial charge in [-0.15, -0.1) is 0 Å². The molecule has 2 aromatic rings. The summed E-state index contributed by atoms with van der Waals surface area (Å²) >= 11 is 0. The minimum atomic E-state index is -0.740. The van der Waals surface area contributed by atoms with Gasteiger partial charge in [0.25, 0.3) is 0 Å². The van der Waals surface area contributed by atoms with Gasteiger partial charge in [-0.1, -0.05) is 0 Å². The molecule has 0 bridgehead atoms. The van der Waals surface area contributed by atoms with Gasteiger partial charge in [-0.25, -0.2) is 13.8 Å². The zero-order chi connectivity index (χ0) is 19.4. The Bertz CT molecular complexity index is 837. The van der Waals surface area contributed by atoms with Gasteiger partial charge in [0.1, 0.15) is 17.7 Å². The number of aryl methyl sites for hydroxylation is 1. The number of carbonyl (C=O) groups excluding carboxylic acids is 2. The van der Waals surface area contributed by atoms with E-state index in [0.29, 0.717) is 13.0 Å². The van der Waals surface area contributed by atoms with Crippen molar-refractivity contribution in [3.05, 3.63) is 41.9 Å². The van der Waals surface area contributed by atoms with Crippen LogP contribution in [0.2, 0.25) is 0 Å². The number of rotatable bonds is 5. The monoisotopic (exact) mass is 377 g/mol. The topological polar surface area (TPSA) is 75.4 Å². The Morgan fingerprint density at radius 2 is 2.15 bits per heavy atom. The Balaban J connectivity index is 1.64. The van der Waals surface area contributed by atoms with E-state index in [1.165, 1.54) is 12.3 Å². The fraction of sp³-hybridized carbons (Fsp3) is 0.421. The normalized spacial score (nSPS) is 17.0. The Morgan fingerprint density at radius 3 is 2.89 bits per heavy atom. The summed E-state index contributed by atoms with van der Waals surface area (Å²) in [5, 5.41) is 2.60. The zero-order valence-corrected chi connectivity index (χ0v) is 15.0. The fourth-order valence-electron chi connectivity index (χ4n) is 3.27. The maximum absolute atomic E-state index is 13.8. The summed E-state index contributed by atoms with van der Waals surface area (Å²) in [4.78, 5) is 30.2. The van der Waals surface area contributed by atoms with Crippen LogP contribution in [0.25, 0.3) is 11.3 Å². The van der Waals surface area contributed by atoms with Crippen LogP contribution in [-0.2, 0) is 16.0 Å². The molecule has 1 aliphatic heterocycles. The first-order chi connectivity index (χ1) is 13.0. The predicted octanol–water partition coefficient (Wildman–Crippen LogP) is 2.68. The highest BCUT2D eigenvalue weighted by molar-refractivity contribution is 5.87. The fourth-order valence-corrected chi connectivity index (χ4v) is 3.27. The minimum absolute atomic E-state index is 0.109.